The minimum atomic E-state index is -0.959. The molecule has 0 aliphatic heterocycles. The van der Waals surface area contributed by atoms with E-state index in [0.29, 0.717) is 26.7 Å². The van der Waals surface area contributed by atoms with Crippen molar-refractivity contribution in [2.24, 2.45) is 5.73 Å². The van der Waals surface area contributed by atoms with E-state index in [1.165, 1.54) is 0 Å². The van der Waals surface area contributed by atoms with E-state index < -0.39 is 17.9 Å². The highest BCUT2D eigenvalue weighted by Gasteiger charge is 2.23. The maximum Gasteiger partial charge on any atom is 0.254 e. The van der Waals surface area contributed by atoms with E-state index in [9.17, 15) is 9.59 Å². The number of amides is 2. The number of pyridine rings is 1. The monoisotopic (exact) mass is 387 g/mol. The predicted molar refractivity (Wildman–Crippen MR) is 102 cm³/mol. The lowest BCUT2D eigenvalue weighted by atomic mass is 10.0. The van der Waals surface area contributed by atoms with Crippen molar-refractivity contribution in [3.8, 4) is 0 Å². The number of para-hydroxylation sites is 1. The zero-order chi connectivity index (χ0) is 18.7. The van der Waals surface area contributed by atoms with Crippen molar-refractivity contribution in [1.82, 2.24) is 10.3 Å². The Morgan fingerprint density at radius 1 is 1.04 bits per heavy atom. The van der Waals surface area contributed by atoms with Gasteiger partial charge in [-0.05, 0) is 29.8 Å². The number of halogens is 2. The third kappa shape index (κ3) is 3.79. The van der Waals surface area contributed by atoms with Crippen LogP contribution in [0.4, 0.5) is 0 Å². The molecule has 0 aliphatic carbocycles. The van der Waals surface area contributed by atoms with Gasteiger partial charge in [0, 0.05) is 28.0 Å². The van der Waals surface area contributed by atoms with Crippen LogP contribution in [-0.4, -0.2) is 22.8 Å². The SMILES string of the molecule is NC(=O)[C@H](Cc1c(Cl)cccc1Cl)NC(=O)c1cccc2cccnc12. The summed E-state index contributed by atoms with van der Waals surface area (Å²) in [7, 11) is 0. The molecule has 3 N–H and O–H groups in total. The fraction of sp³-hybridized carbons (Fsp3) is 0.105. The number of hydrogen-bond acceptors (Lipinski definition) is 3. The Morgan fingerprint density at radius 2 is 1.69 bits per heavy atom. The summed E-state index contributed by atoms with van der Waals surface area (Å²) in [5.74, 6) is -1.12. The summed E-state index contributed by atoms with van der Waals surface area (Å²) >= 11 is 12.3. The van der Waals surface area contributed by atoms with Crippen LogP contribution in [0.15, 0.2) is 54.7 Å². The van der Waals surface area contributed by atoms with Gasteiger partial charge in [0.25, 0.3) is 5.91 Å². The summed E-state index contributed by atoms with van der Waals surface area (Å²) in [5.41, 5.74) is 6.93. The van der Waals surface area contributed by atoms with Crippen molar-refractivity contribution in [2.45, 2.75) is 12.5 Å². The number of hydrogen-bond donors (Lipinski definition) is 2. The zero-order valence-corrected chi connectivity index (χ0v) is 15.1. The smallest absolute Gasteiger partial charge is 0.254 e. The van der Waals surface area contributed by atoms with Crippen LogP contribution in [-0.2, 0) is 11.2 Å². The van der Waals surface area contributed by atoms with Gasteiger partial charge in [-0.1, -0.05) is 47.5 Å². The molecule has 3 aromatic rings. The first-order valence-electron chi connectivity index (χ1n) is 7.84. The molecule has 26 heavy (non-hydrogen) atoms. The van der Waals surface area contributed by atoms with Crippen LogP contribution in [0.25, 0.3) is 10.9 Å². The molecule has 0 unspecified atom stereocenters. The lowest BCUT2D eigenvalue weighted by Gasteiger charge is -2.17. The maximum absolute atomic E-state index is 12.7. The minimum Gasteiger partial charge on any atom is -0.368 e. The quantitative estimate of drug-likeness (QED) is 0.703. The molecular formula is C19H15Cl2N3O2. The van der Waals surface area contributed by atoms with E-state index in [0.717, 1.165) is 5.39 Å². The Bertz CT molecular complexity index is 966. The number of aromatic nitrogens is 1. The van der Waals surface area contributed by atoms with Crippen LogP contribution >= 0.6 is 23.2 Å². The molecule has 0 radical (unpaired) electrons. The molecule has 3 rings (SSSR count). The first kappa shape index (κ1) is 18.2. The normalized spacial score (nSPS) is 11.9. The largest absolute Gasteiger partial charge is 0.368 e. The van der Waals surface area contributed by atoms with Gasteiger partial charge in [0.05, 0.1) is 11.1 Å². The van der Waals surface area contributed by atoms with Crippen LogP contribution in [0.3, 0.4) is 0 Å². The summed E-state index contributed by atoms with van der Waals surface area (Å²) in [6.07, 6.45) is 1.70. The fourth-order valence-electron chi connectivity index (χ4n) is 2.68. The molecule has 5 nitrogen and oxygen atoms in total. The molecular weight excluding hydrogens is 373 g/mol. The molecule has 0 saturated heterocycles. The average molecular weight is 388 g/mol. The number of benzene rings is 2. The molecule has 1 aromatic heterocycles. The summed E-state index contributed by atoms with van der Waals surface area (Å²) in [6.45, 7) is 0. The van der Waals surface area contributed by atoms with Crippen molar-refractivity contribution in [1.29, 1.82) is 0 Å². The molecule has 1 atom stereocenters. The Balaban J connectivity index is 1.88. The standard InChI is InChI=1S/C19H15Cl2N3O2/c20-14-7-2-8-15(21)13(14)10-16(18(22)25)24-19(26)12-6-1-4-11-5-3-9-23-17(11)12/h1-9,16H,10H2,(H2,22,25)(H,24,26)/t16-/m0/s1. The van der Waals surface area contributed by atoms with Crippen molar-refractivity contribution >= 4 is 45.9 Å². The number of nitrogens with one attached hydrogen (secondary N) is 1. The van der Waals surface area contributed by atoms with Crippen molar-refractivity contribution in [3.63, 3.8) is 0 Å². The van der Waals surface area contributed by atoms with E-state index in [2.05, 4.69) is 10.3 Å². The molecule has 0 fully saturated rings. The van der Waals surface area contributed by atoms with Crippen molar-refractivity contribution in [3.05, 3.63) is 75.9 Å². The van der Waals surface area contributed by atoms with Gasteiger partial charge < -0.3 is 11.1 Å². The van der Waals surface area contributed by atoms with Crippen LogP contribution in [0.5, 0.6) is 0 Å². The van der Waals surface area contributed by atoms with Gasteiger partial charge in [0.2, 0.25) is 5.91 Å². The number of carbonyl (C=O) groups is 2. The minimum absolute atomic E-state index is 0.0950. The molecule has 0 aliphatic rings. The second-order valence-corrected chi connectivity index (χ2v) is 6.53. The summed E-state index contributed by atoms with van der Waals surface area (Å²) in [5, 5.41) is 4.30. The third-order valence-electron chi connectivity index (χ3n) is 4.00. The van der Waals surface area contributed by atoms with Gasteiger partial charge in [-0.25, -0.2) is 0 Å². The van der Waals surface area contributed by atoms with Crippen molar-refractivity contribution in [2.75, 3.05) is 0 Å². The zero-order valence-electron chi connectivity index (χ0n) is 13.6. The predicted octanol–water partition coefficient (Wildman–Crippen LogP) is 3.37. The Hall–Kier alpha value is -2.63. The first-order chi connectivity index (χ1) is 12.5. The van der Waals surface area contributed by atoms with E-state index in [4.69, 9.17) is 28.9 Å². The van der Waals surface area contributed by atoms with E-state index in [1.807, 2.05) is 12.1 Å². The molecule has 7 heteroatoms. The van der Waals surface area contributed by atoms with E-state index in [1.54, 1.807) is 42.6 Å². The van der Waals surface area contributed by atoms with Gasteiger partial charge >= 0.3 is 0 Å². The van der Waals surface area contributed by atoms with Gasteiger partial charge in [0.1, 0.15) is 6.04 Å². The highest BCUT2D eigenvalue weighted by molar-refractivity contribution is 6.36. The lowest BCUT2D eigenvalue weighted by Crippen LogP contribution is -2.46. The highest BCUT2D eigenvalue weighted by atomic mass is 35.5. The molecule has 1 heterocycles. The average Bonchev–Trinajstić information content (AvgIpc) is 2.63. The lowest BCUT2D eigenvalue weighted by molar-refractivity contribution is -0.119. The van der Waals surface area contributed by atoms with E-state index in [-0.39, 0.29) is 6.42 Å². The fourth-order valence-corrected chi connectivity index (χ4v) is 3.23. The summed E-state index contributed by atoms with van der Waals surface area (Å²) < 4.78 is 0. The third-order valence-corrected chi connectivity index (χ3v) is 4.70. The number of carbonyl (C=O) groups excluding carboxylic acids is 2. The number of primary amides is 1. The van der Waals surface area contributed by atoms with Crippen LogP contribution in [0, 0.1) is 0 Å². The molecule has 0 spiro atoms. The Kier molecular flexibility index (Phi) is 5.40. The molecule has 0 saturated carbocycles. The van der Waals surface area contributed by atoms with Crippen LogP contribution in [0.1, 0.15) is 15.9 Å². The van der Waals surface area contributed by atoms with Gasteiger partial charge in [0.15, 0.2) is 0 Å². The number of nitrogens with two attached hydrogens (primary N) is 1. The molecule has 132 valence electrons. The topological polar surface area (TPSA) is 85.1 Å². The van der Waals surface area contributed by atoms with Gasteiger partial charge in [-0.3, -0.25) is 14.6 Å². The second-order valence-electron chi connectivity index (χ2n) is 5.71. The maximum atomic E-state index is 12.7. The van der Waals surface area contributed by atoms with E-state index >= 15 is 0 Å². The molecule has 2 aromatic carbocycles. The van der Waals surface area contributed by atoms with Crippen LogP contribution < -0.4 is 11.1 Å². The van der Waals surface area contributed by atoms with Crippen molar-refractivity contribution < 1.29 is 9.59 Å². The van der Waals surface area contributed by atoms with Crippen LogP contribution in [0.2, 0.25) is 10.0 Å². The number of fused-ring (bicyclic) bond motifs is 1. The van der Waals surface area contributed by atoms with Gasteiger partial charge in [-0.15, -0.1) is 0 Å². The van der Waals surface area contributed by atoms with Gasteiger partial charge in [-0.2, -0.15) is 0 Å². The Labute approximate surface area is 160 Å². The highest BCUT2D eigenvalue weighted by Crippen LogP contribution is 2.25. The summed E-state index contributed by atoms with van der Waals surface area (Å²) in [4.78, 5) is 28.8. The molecule has 0 bridgehead atoms. The number of nitrogens with zero attached hydrogens (tertiary/aromatic N) is 1. The first-order valence-corrected chi connectivity index (χ1v) is 8.60. The number of rotatable bonds is 5. The molecule has 2 amide bonds. The Morgan fingerprint density at radius 3 is 2.38 bits per heavy atom. The summed E-state index contributed by atoms with van der Waals surface area (Å²) in [6, 6.07) is 13.0. The second kappa shape index (κ2) is 7.72.